The highest BCUT2D eigenvalue weighted by Crippen LogP contribution is 2.19. The molecule has 3 aromatic heterocycles. The van der Waals surface area contributed by atoms with Crippen LogP contribution in [0, 0.1) is 0 Å². The van der Waals surface area contributed by atoms with Gasteiger partial charge in [-0.25, -0.2) is 9.50 Å². The summed E-state index contributed by atoms with van der Waals surface area (Å²) in [5.74, 6) is -0.195. The molecule has 1 atom stereocenters. The fourth-order valence-corrected chi connectivity index (χ4v) is 3.64. The number of aryl methyl sites for hydroxylation is 1. The molecule has 1 saturated heterocycles. The average Bonchev–Trinajstić information content (AvgIpc) is 3.53. The van der Waals surface area contributed by atoms with Gasteiger partial charge in [-0.1, -0.05) is 30.3 Å². The third kappa shape index (κ3) is 3.83. The van der Waals surface area contributed by atoms with Gasteiger partial charge < -0.3 is 15.4 Å². The van der Waals surface area contributed by atoms with E-state index in [1.165, 1.54) is 10.9 Å². The lowest BCUT2D eigenvalue weighted by Gasteiger charge is -2.11. The van der Waals surface area contributed by atoms with E-state index in [2.05, 4.69) is 25.8 Å². The number of amides is 2. The Kier molecular flexibility index (Phi) is 5.12. The molecule has 1 aromatic carbocycles. The van der Waals surface area contributed by atoms with E-state index in [1.807, 2.05) is 30.3 Å². The highest BCUT2D eigenvalue weighted by molar-refractivity contribution is 6.11. The highest BCUT2D eigenvalue weighted by Gasteiger charge is 2.25. The molecule has 2 amide bonds. The second-order valence-corrected chi connectivity index (χ2v) is 7.54. The fourth-order valence-electron chi connectivity index (χ4n) is 3.64. The van der Waals surface area contributed by atoms with Crippen molar-refractivity contribution in [3.63, 3.8) is 0 Å². The Balaban J connectivity index is 1.37. The zero-order valence-corrected chi connectivity index (χ0v) is 17.4. The molecule has 32 heavy (non-hydrogen) atoms. The number of nitrogens with zero attached hydrogens (tertiary/aromatic N) is 5. The Morgan fingerprint density at radius 3 is 2.78 bits per heavy atom. The molecule has 10 heteroatoms. The summed E-state index contributed by atoms with van der Waals surface area (Å²) in [7, 11) is 1.62. The van der Waals surface area contributed by atoms with Crippen LogP contribution in [0.1, 0.15) is 27.3 Å². The number of carbonyl (C=O) groups is 2. The van der Waals surface area contributed by atoms with E-state index in [1.54, 1.807) is 29.9 Å². The van der Waals surface area contributed by atoms with Gasteiger partial charge >= 0.3 is 0 Å². The van der Waals surface area contributed by atoms with Crippen molar-refractivity contribution < 1.29 is 14.3 Å². The maximum atomic E-state index is 13.0. The van der Waals surface area contributed by atoms with Crippen LogP contribution in [0.5, 0.6) is 0 Å². The van der Waals surface area contributed by atoms with E-state index in [9.17, 15) is 9.59 Å². The number of hydrogen-bond acceptors (Lipinski definition) is 6. The summed E-state index contributed by atoms with van der Waals surface area (Å²) in [6.45, 7) is 1.08. The van der Waals surface area contributed by atoms with Crippen LogP contribution < -0.4 is 10.6 Å². The number of ether oxygens (including phenoxy) is 1. The molecule has 0 radical (unpaired) electrons. The second kappa shape index (κ2) is 8.23. The molecule has 4 heterocycles. The van der Waals surface area contributed by atoms with Crippen LogP contribution in [0.2, 0.25) is 0 Å². The zero-order valence-electron chi connectivity index (χ0n) is 17.4. The van der Waals surface area contributed by atoms with Crippen LogP contribution in [0.25, 0.3) is 17.0 Å². The summed E-state index contributed by atoms with van der Waals surface area (Å²) in [4.78, 5) is 30.2. The molecule has 1 aliphatic rings. The molecule has 0 aliphatic carbocycles. The lowest BCUT2D eigenvalue weighted by molar-refractivity contribution is 0.0918. The molecule has 10 nitrogen and oxygen atoms in total. The number of aromatic nitrogens is 5. The molecule has 2 N–H and O–H groups in total. The number of rotatable bonds is 5. The number of anilines is 1. The lowest BCUT2D eigenvalue weighted by Crippen LogP contribution is -2.36. The first-order valence-electron chi connectivity index (χ1n) is 10.2. The van der Waals surface area contributed by atoms with Crippen molar-refractivity contribution in [2.75, 3.05) is 18.5 Å². The molecular formula is C22H21N7O3. The van der Waals surface area contributed by atoms with Crippen molar-refractivity contribution in [3.8, 4) is 11.4 Å². The standard InChI is InChI=1S/C22H21N7O3/c1-28-19(17(12-23-28)21(30)25-16-8-10-32-13-16)22(31)24-15-7-9-29-18(11-15)26-20(27-29)14-5-3-2-4-6-14/h2-7,9,11-12,16H,8,10,13H2,1H3,(H,24,31)(H,25,30)/t16-/m0/s1. The first kappa shape index (κ1) is 19.9. The minimum atomic E-state index is -0.440. The predicted molar refractivity (Wildman–Crippen MR) is 116 cm³/mol. The van der Waals surface area contributed by atoms with Gasteiger partial charge in [-0.15, -0.1) is 5.10 Å². The van der Waals surface area contributed by atoms with Crippen molar-refractivity contribution in [1.29, 1.82) is 0 Å². The Morgan fingerprint density at radius 1 is 1.16 bits per heavy atom. The topological polar surface area (TPSA) is 115 Å². The SMILES string of the molecule is Cn1ncc(C(=O)N[C@H]2CCOC2)c1C(=O)Nc1ccn2nc(-c3ccccc3)nc2c1. The molecule has 162 valence electrons. The van der Waals surface area contributed by atoms with Gasteiger partial charge in [-0.05, 0) is 12.5 Å². The van der Waals surface area contributed by atoms with Crippen molar-refractivity contribution >= 4 is 23.1 Å². The fraction of sp³-hybridized carbons (Fsp3) is 0.227. The maximum absolute atomic E-state index is 13.0. The monoisotopic (exact) mass is 431 g/mol. The van der Waals surface area contributed by atoms with E-state index in [-0.39, 0.29) is 23.2 Å². The van der Waals surface area contributed by atoms with Crippen molar-refractivity contribution in [2.24, 2.45) is 7.05 Å². The normalized spacial score (nSPS) is 15.7. The molecule has 0 unspecified atom stereocenters. The number of fused-ring (bicyclic) bond motifs is 1. The van der Waals surface area contributed by atoms with Gasteiger partial charge in [-0.3, -0.25) is 14.3 Å². The van der Waals surface area contributed by atoms with Crippen LogP contribution in [-0.4, -0.2) is 55.4 Å². The number of hydrogen-bond donors (Lipinski definition) is 2. The molecular weight excluding hydrogens is 410 g/mol. The summed E-state index contributed by atoms with van der Waals surface area (Å²) >= 11 is 0. The van der Waals surface area contributed by atoms with Crippen LogP contribution in [0.15, 0.2) is 54.9 Å². The van der Waals surface area contributed by atoms with Crippen LogP contribution in [0.3, 0.4) is 0 Å². The number of carbonyl (C=O) groups excluding carboxylic acids is 2. The summed E-state index contributed by atoms with van der Waals surface area (Å²) in [5, 5.41) is 14.3. The van der Waals surface area contributed by atoms with Gasteiger partial charge in [0.15, 0.2) is 11.5 Å². The highest BCUT2D eigenvalue weighted by atomic mass is 16.5. The minimum Gasteiger partial charge on any atom is -0.379 e. The van der Waals surface area contributed by atoms with Gasteiger partial charge in [0.1, 0.15) is 5.69 Å². The van der Waals surface area contributed by atoms with Gasteiger partial charge in [0.2, 0.25) is 0 Å². The first-order valence-corrected chi connectivity index (χ1v) is 10.2. The predicted octanol–water partition coefficient (Wildman–Crippen LogP) is 1.90. The largest absolute Gasteiger partial charge is 0.379 e. The maximum Gasteiger partial charge on any atom is 0.274 e. The van der Waals surface area contributed by atoms with Gasteiger partial charge in [0.05, 0.1) is 24.4 Å². The number of benzene rings is 1. The third-order valence-electron chi connectivity index (χ3n) is 5.29. The molecule has 1 fully saturated rings. The summed E-state index contributed by atoms with van der Waals surface area (Å²) < 4.78 is 8.32. The van der Waals surface area contributed by atoms with E-state index < -0.39 is 5.91 Å². The smallest absolute Gasteiger partial charge is 0.274 e. The zero-order chi connectivity index (χ0) is 22.1. The Hall–Kier alpha value is -4.05. The molecule has 4 aromatic rings. The van der Waals surface area contributed by atoms with E-state index in [0.29, 0.717) is 30.4 Å². The molecule has 1 aliphatic heterocycles. The van der Waals surface area contributed by atoms with Crippen molar-refractivity contribution in [1.82, 2.24) is 29.7 Å². The van der Waals surface area contributed by atoms with Crippen LogP contribution in [-0.2, 0) is 11.8 Å². The number of nitrogens with one attached hydrogen (secondary N) is 2. The van der Waals surface area contributed by atoms with Gasteiger partial charge in [-0.2, -0.15) is 5.10 Å². The van der Waals surface area contributed by atoms with Crippen molar-refractivity contribution in [2.45, 2.75) is 12.5 Å². The van der Waals surface area contributed by atoms with Gasteiger partial charge in [0.25, 0.3) is 11.8 Å². The molecule has 0 bridgehead atoms. The van der Waals surface area contributed by atoms with Crippen LogP contribution >= 0.6 is 0 Å². The van der Waals surface area contributed by atoms with E-state index in [0.717, 1.165) is 12.0 Å². The minimum absolute atomic E-state index is 0.0622. The second-order valence-electron chi connectivity index (χ2n) is 7.54. The Labute approximate surface area is 183 Å². The van der Waals surface area contributed by atoms with E-state index in [4.69, 9.17) is 4.74 Å². The number of pyridine rings is 1. The summed E-state index contributed by atoms with van der Waals surface area (Å²) in [6.07, 6.45) is 3.87. The molecule has 5 rings (SSSR count). The average molecular weight is 431 g/mol. The van der Waals surface area contributed by atoms with Crippen molar-refractivity contribution in [3.05, 3.63) is 66.1 Å². The molecule has 0 spiro atoms. The first-order chi connectivity index (χ1) is 15.6. The third-order valence-corrected chi connectivity index (χ3v) is 5.29. The van der Waals surface area contributed by atoms with Crippen LogP contribution in [0.4, 0.5) is 5.69 Å². The Bertz CT molecular complexity index is 1290. The molecule has 0 saturated carbocycles. The quantitative estimate of drug-likeness (QED) is 0.499. The van der Waals surface area contributed by atoms with E-state index >= 15 is 0 Å². The van der Waals surface area contributed by atoms with Gasteiger partial charge in [0, 0.05) is 37.2 Å². The summed E-state index contributed by atoms with van der Waals surface area (Å²) in [6, 6.07) is 13.0. The summed E-state index contributed by atoms with van der Waals surface area (Å²) in [5.41, 5.74) is 2.41. The lowest BCUT2D eigenvalue weighted by atomic mass is 10.2. The Morgan fingerprint density at radius 2 is 2.00 bits per heavy atom.